The van der Waals surface area contributed by atoms with Crippen molar-refractivity contribution < 1.29 is 4.79 Å². The van der Waals surface area contributed by atoms with Gasteiger partial charge in [-0.05, 0) is 37.3 Å². The number of carbonyl (C=O) groups is 1. The second-order valence-electron chi connectivity index (χ2n) is 4.86. The Balaban J connectivity index is 2.11. The van der Waals surface area contributed by atoms with Crippen molar-refractivity contribution in [3.8, 4) is 5.69 Å². The fraction of sp³-hybridized carbons (Fsp3) is 0.400. The van der Waals surface area contributed by atoms with E-state index in [-0.39, 0.29) is 11.2 Å². The van der Waals surface area contributed by atoms with Gasteiger partial charge in [0.25, 0.3) is 0 Å². The van der Waals surface area contributed by atoms with Crippen molar-refractivity contribution in [2.45, 2.75) is 31.9 Å². The lowest BCUT2D eigenvalue weighted by Crippen LogP contribution is -2.23. The molecule has 2 rings (SSSR count). The minimum Gasteiger partial charge on any atom is -0.323 e. The van der Waals surface area contributed by atoms with Gasteiger partial charge in [0, 0.05) is 5.02 Å². The van der Waals surface area contributed by atoms with Crippen LogP contribution in [0, 0.1) is 0 Å². The van der Waals surface area contributed by atoms with Crippen molar-refractivity contribution >= 4 is 35.0 Å². The van der Waals surface area contributed by atoms with Crippen LogP contribution in [0.5, 0.6) is 0 Å². The smallest absolute Gasteiger partial charge is 0.237 e. The third kappa shape index (κ3) is 4.48. The highest BCUT2D eigenvalue weighted by atomic mass is 35.5. The average molecular weight is 339 g/mol. The number of anilines is 1. The summed E-state index contributed by atoms with van der Waals surface area (Å²) < 4.78 is 1.60. The van der Waals surface area contributed by atoms with Gasteiger partial charge < -0.3 is 5.32 Å². The van der Waals surface area contributed by atoms with Gasteiger partial charge in [-0.3, -0.25) is 4.79 Å². The zero-order valence-electron chi connectivity index (χ0n) is 12.6. The zero-order valence-corrected chi connectivity index (χ0v) is 14.2. The predicted molar refractivity (Wildman–Crippen MR) is 91.8 cm³/mol. The maximum absolute atomic E-state index is 12.3. The molecule has 0 spiro atoms. The minimum absolute atomic E-state index is 0.0373. The van der Waals surface area contributed by atoms with E-state index >= 15 is 0 Å². The number of halogens is 1. The monoisotopic (exact) mass is 338 g/mol. The second kappa shape index (κ2) is 8.19. The van der Waals surface area contributed by atoms with Crippen LogP contribution in [0.4, 0.5) is 5.69 Å². The molecular weight excluding hydrogens is 320 g/mol. The first kappa shape index (κ1) is 16.8. The maximum Gasteiger partial charge on any atom is 0.237 e. The maximum atomic E-state index is 12.3. The first-order valence-electron chi connectivity index (χ1n) is 7.19. The summed E-state index contributed by atoms with van der Waals surface area (Å²) in [5, 5.41) is 7.47. The van der Waals surface area contributed by atoms with Crippen LogP contribution in [-0.4, -0.2) is 31.7 Å². The molecular formula is C15H19ClN4OS. The van der Waals surface area contributed by atoms with Gasteiger partial charge in [-0.1, -0.05) is 24.9 Å². The lowest BCUT2D eigenvalue weighted by atomic mass is 10.2. The summed E-state index contributed by atoms with van der Waals surface area (Å²) in [6.45, 7) is 4.05. The molecule has 7 heteroatoms. The van der Waals surface area contributed by atoms with E-state index in [0.29, 0.717) is 10.7 Å². The number of rotatable bonds is 7. The van der Waals surface area contributed by atoms with Gasteiger partial charge in [0.2, 0.25) is 5.91 Å². The molecule has 1 N–H and O–H groups in total. The van der Waals surface area contributed by atoms with Crippen molar-refractivity contribution in [1.82, 2.24) is 14.8 Å². The van der Waals surface area contributed by atoms with Crippen molar-refractivity contribution in [1.29, 1.82) is 0 Å². The number of hydrogen-bond donors (Lipinski definition) is 1. The topological polar surface area (TPSA) is 59.8 Å². The molecule has 0 saturated heterocycles. The number of carbonyl (C=O) groups excluding carboxylic acids is 1. The molecule has 118 valence electrons. The Labute approximate surface area is 139 Å². The largest absolute Gasteiger partial charge is 0.323 e. The lowest BCUT2D eigenvalue weighted by molar-refractivity contribution is -0.115. The fourth-order valence-electron chi connectivity index (χ4n) is 1.86. The number of aromatic nitrogens is 3. The van der Waals surface area contributed by atoms with Gasteiger partial charge in [-0.2, -0.15) is 5.10 Å². The predicted octanol–water partition coefficient (Wildman–Crippen LogP) is 3.78. The standard InChI is InChI=1S/C15H19ClN4OS/c1-3-4-7-22-11(2)15(21)19-13-8-12(16)5-6-14(13)20-10-17-9-18-20/h5-6,8-11H,3-4,7H2,1-2H3,(H,19,21). The zero-order chi connectivity index (χ0) is 15.9. The summed E-state index contributed by atoms with van der Waals surface area (Å²) >= 11 is 7.70. The van der Waals surface area contributed by atoms with Crippen LogP contribution in [0.2, 0.25) is 5.02 Å². The number of thioether (sulfide) groups is 1. The Kier molecular flexibility index (Phi) is 6.27. The van der Waals surface area contributed by atoms with E-state index < -0.39 is 0 Å². The van der Waals surface area contributed by atoms with Gasteiger partial charge in [0.1, 0.15) is 12.7 Å². The molecule has 1 heterocycles. The van der Waals surface area contributed by atoms with E-state index in [0.717, 1.165) is 24.3 Å². The van der Waals surface area contributed by atoms with Gasteiger partial charge >= 0.3 is 0 Å². The number of amides is 1. The summed E-state index contributed by atoms with van der Waals surface area (Å²) in [5.41, 5.74) is 1.37. The molecule has 0 aliphatic carbocycles. The van der Waals surface area contributed by atoms with Gasteiger partial charge in [0.15, 0.2) is 0 Å². The summed E-state index contributed by atoms with van der Waals surface area (Å²) in [7, 11) is 0. The van der Waals surface area contributed by atoms with E-state index in [1.165, 1.54) is 6.33 Å². The number of unbranched alkanes of at least 4 members (excludes halogenated alkanes) is 1. The van der Waals surface area contributed by atoms with Crippen LogP contribution in [0.3, 0.4) is 0 Å². The molecule has 0 aliphatic heterocycles. The lowest BCUT2D eigenvalue weighted by Gasteiger charge is -2.15. The summed E-state index contributed by atoms with van der Waals surface area (Å²) in [6.07, 6.45) is 5.28. The molecule has 1 aromatic carbocycles. The van der Waals surface area contributed by atoms with Crippen molar-refractivity contribution in [2.75, 3.05) is 11.1 Å². The van der Waals surface area contributed by atoms with Crippen LogP contribution in [0.15, 0.2) is 30.9 Å². The molecule has 0 fully saturated rings. The molecule has 0 radical (unpaired) electrons. The number of benzene rings is 1. The minimum atomic E-state index is -0.117. The van der Waals surface area contributed by atoms with E-state index in [2.05, 4.69) is 22.3 Å². The van der Waals surface area contributed by atoms with Crippen LogP contribution in [0.25, 0.3) is 5.69 Å². The SMILES string of the molecule is CCCCSC(C)C(=O)Nc1cc(Cl)ccc1-n1cncn1. The van der Waals surface area contributed by atoms with Crippen LogP contribution in [-0.2, 0) is 4.79 Å². The highest BCUT2D eigenvalue weighted by Crippen LogP contribution is 2.25. The molecule has 1 atom stereocenters. The first-order valence-corrected chi connectivity index (χ1v) is 8.61. The molecule has 0 saturated carbocycles. The Morgan fingerprint density at radius 3 is 3.00 bits per heavy atom. The molecule has 0 aliphatic rings. The Morgan fingerprint density at radius 2 is 2.32 bits per heavy atom. The molecule has 0 bridgehead atoms. The number of nitrogens with zero attached hydrogens (tertiary/aromatic N) is 3. The Hall–Kier alpha value is -1.53. The third-order valence-corrected chi connectivity index (χ3v) is 4.59. The van der Waals surface area contributed by atoms with E-state index in [1.807, 2.05) is 13.0 Å². The molecule has 1 unspecified atom stereocenters. The molecule has 1 aromatic heterocycles. The quantitative estimate of drug-likeness (QED) is 0.780. The molecule has 5 nitrogen and oxygen atoms in total. The van der Waals surface area contributed by atoms with Crippen molar-refractivity contribution in [2.24, 2.45) is 0 Å². The average Bonchev–Trinajstić information content (AvgIpc) is 3.01. The Bertz CT molecular complexity index is 618. The van der Waals surface area contributed by atoms with Crippen LogP contribution in [0.1, 0.15) is 26.7 Å². The van der Waals surface area contributed by atoms with E-state index in [1.54, 1.807) is 34.9 Å². The van der Waals surface area contributed by atoms with E-state index in [4.69, 9.17) is 11.6 Å². The molecule has 2 aromatic rings. The third-order valence-electron chi connectivity index (χ3n) is 3.12. The second-order valence-corrected chi connectivity index (χ2v) is 6.74. The fourth-order valence-corrected chi connectivity index (χ4v) is 3.05. The van der Waals surface area contributed by atoms with Crippen LogP contribution >= 0.6 is 23.4 Å². The van der Waals surface area contributed by atoms with Gasteiger partial charge in [-0.15, -0.1) is 11.8 Å². The van der Waals surface area contributed by atoms with E-state index in [9.17, 15) is 4.79 Å². The van der Waals surface area contributed by atoms with Gasteiger partial charge in [0.05, 0.1) is 16.6 Å². The van der Waals surface area contributed by atoms with Gasteiger partial charge in [-0.25, -0.2) is 9.67 Å². The highest BCUT2D eigenvalue weighted by molar-refractivity contribution is 8.00. The highest BCUT2D eigenvalue weighted by Gasteiger charge is 2.16. The summed E-state index contributed by atoms with van der Waals surface area (Å²) in [6, 6.07) is 5.29. The number of hydrogen-bond acceptors (Lipinski definition) is 4. The summed E-state index contributed by atoms with van der Waals surface area (Å²) in [5.74, 6) is 0.945. The summed E-state index contributed by atoms with van der Waals surface area (Å²) in [4.78, 5) is 16.2. The van der Waals surface area contributed by atoms with Crippen molar-refractivity contribution in [3.63, 3.8) is 0 Å². The van der Waals surface area contributed by atoms with Crippen molar-refractivity contribution in [3.05, 3.63) is 35.9 Å². The normalized spacial score (nSPS) is 12.1. The Morgan fingerprint density at radius 1 is 1.50 bits per heavy atom. The number of nitrogens with one attached hydrogen (secondary N) is 1. The molecule has 22 heavy (non-hydrogen) atoms. The first-order chi connectivity index (χ1) is 10.6. The van der Waals surface area contributed by atoms with Crippen LogP contribution < -0.4 is 5.32 Å². The molecule has 1 amide bonds.